The van der Waals surface area contributed by atoms with E-state index >= 15 is 0 Å². The number of nitrogens with one attached hydrogen (secondary N) is 1. The lowest BCUT2D eigenvalue weighted by Crippen LogP contribution is -2.52. The lowest BCUT2D eigenvalue weighted by atomic mass is 10.1. The van der Waals surface area contributed by atoms with Crippen LogP contribution in [0.4, 0.5) is 23.7 Å². The van der Waals surface area contributed by atoms with Gasteiger partial charge < -0.3 is 19.9 Å². The molecule has 0 spiro atoms. The highest BCUT2D eigenvalue weighted by molar-refractivity contribution is 5.99. The van der Waals surface area contributed by atoms with Crippen LogP contribution in [0.25, 0.3) is 0 Å². The Balaban J connectivity index is 1.73. The van der Waals surface area contributed by atoms with Gasteiger partial charge in [0, 0.05) is 37.4 Å². The first-order valence-electron chi connectivity index (χ1n) is 11.5. The fourth-order valence-corrected chi connectivity index (χ4v) is 3.80. The second kappa shape index (κ2) is 11.9. The van der Waals surface area contributed by atoms with Crippen molar-refractivity contribution in [2.75, 3.05) is 51.3 Å². The number of hydrogen-bond donors (Lipinski definition) is 1. The zero-order chi connectivity index (χ0) is 26.3. The highest BCUT2D eigenvalue weighted by Crippen LogP contribution is 2.23. The Kier molecular flexibility index (Phi) is 8.92. The van der Waals surface area contributed by atoms with Crippen LogP contribution >= 0.6 is 0 Å². The van der Waals surface area contributed by atoms with Crippen LogP contribution < -0.4 is 15.0 Å². The van der Waals surface area contributed by atoms with E-state index in [2.05, 4.69) is 11.8 Å². The van der Waals surface area contributed by atoms with Gasteiger partial charge in [-0.1, -0.05) is 31.2 Å². The fourth-order valence-electron chi connectivity index (χ4n) is 3.80. The SMILES string of the molecule is CCN1CCN(C(=O)N(Cc2ccc(C(=O)CNC(=O)C(F)(F)F)cc2)c2ccc(OC)cc2)CC1. The van der Waals surface area contributed by atoms with Gasteiger partial charge in [-0.25, -0.2) is 4.79 Å². The molecule has 194 valence electrons. The van der Waals surface area contributed by atoms with E-state index in [9.17, 15) is 27.6 Å². The first-order valence-corrected chi connectivity index (χ1v) is 11.5. The number of rotatable bonds is 8. The molecule has 11 heteroatoms. The molecule has 2 aromatic rings. The largest absolute Gasteiger partial charge is 0.497 e. The van der Waals surface area contributed by atoms with E-state index in [1.54, 1.807) is 58.6 Å². The molecular formula is C25H29F3N4O4. The quantitative estimate of drug-likeness (QED) is 0.556. The van der Waals surface area contributed by atoms with Crippen molar-refractivity contribution in [3.05, 3.63) is 59.7 Å². The summed E-state index contributed by atoms with van der Waals surface area (Å²) in [5.41, 5.74) is 1.55. The maximum absolute atomic E-state index is 13.5. The molecular weight excluding hydrogens is 477 g/mol. The maximum Gasteiger partial charge on any atom is 0.471 e. The molecule has 0 radical (unpaired) electrons. The van der Waals surface area contributed by atoms with Crippen molar-refractivity contribution in [3.63, 3.8) is 0 Å². The number of halogens is 3. The first-order chi connectivity index (χ1) is 17.1. The molecule has 1 saturated heterocycles. The predicted octanol–water partition coefficient (Wildman–Crippen LogP) is 3.32. The number of methoxy groups -OCH3 is 1. The van der Waals surface area contributed by atoms with Crippen molar-refractivity contribution in [3.8, 4) is 5.75 Å². The van der Waals surface area contributed by atoms with E-state index in [-0.39, 0.29) is 18.1 Å². The number of hydrogen-bond acceptors (Lipinski definition) is 5. The predicted molar refractivity (Wildman–Crippen MR) is 128 cm³/mol. The number of amides is 3. The number of carbonyl (C=O) groups excluding carboxylic acids is 3. The Labute approximate surface area is 207 Å². The van der Waals surface area contributed by atoms with Gasteiger partial charge in [0.25, 0.3) is 0 Å². The van der Waals surface area contributed by atoms with Gasteiger partial charge in [-0.05, 0) is 36.4 Å². The number of ether oxygens (including phenoxy) is 1. The number of nitrogens with zero attached hydrogens (tertiary/aromatic N) is 3. The number of piperazine rings is 1. The van der Waals surface area contributed by atoms with Crippen molar-refractivity contribution < 1.29 is 32.3 Å². The van der Waals surface area contributed by atoms with Crippen LogP contribution in [0, 0.1) is 0 Å². The molecule has 3 amide bonds. The second-order valence-electron chi connectivity index (χ2n) is 8.29. The van der Waals surface area contributed by atoms with E-state index in [4.69, 9.17) is 4.74 Å². The zero-order valence-electron chi connectivity index (χ0n) is 20.2. The molecule has 0 aliphatic carbocycles. The normalized spacial score (nSPS) is 14.3. The third-order valence-corrected chi connectivity index (χ3v) is 5.99. The number of ketones is 1. The van der Waals surface area contributed by atoms with E-state index in [0.29, 0.717) is 24.5 Å². The van der Waals surface area contributed by atoms with Crippen LogP contribution in [0.3, 0.4) is 0 Å². The number of anilines is 1. The third-order valence-electron chi connectivity index (χ3n) is 5.99. The lowest BCUT2D eigenvalue weighted by molar-refractivity contribution is -0.173. The van der Waals surface area contributed by atoms with Gasteiger partial charge in [0.05, 0.1) is 20.2 Å². The maximum atomic E-state index is 13.5. The molecule has 1 N–H and O–H groups in total. The number of alkyl halides is 3. The molecule has 36 heavy (non-hydrogen) atoms. The van der Waals surface area contributed by atoms with Gasteiger partial charge >= 0.3 is 18.1 Å². The van der Waals surface area contributed by atoms with Crippen LogP contribution in [0.1, 0.15) is 22.8 Å². The van der Waals surface area contributed by atoms with E-state index in [1.165, 1.54) is 12.1 Å². The molecule has 0 atom stereocenters. The zero-order valence-corrected chi connectivity index (χ0v) is 20.2. The smallest absolute Gasteiger partial charge is 0.471 e. The van der Waals surface area contributed by atoms with Crippen LogP contribution in [0.5, 0.6) is 5.75 Å². The second-order valence-corrected chi connectivity index (χ2v) is 8.29. The molecule has 2 aromatic carbocycles. The summed E-state index contributed by atoms with van der Waals surface area (Å²) in [6, 6.07) is 13.2. The molecule has 1 aliphatic rings. The Bertz CT molecular complexity index is 1050. The third kappa shape index (κ3) is 6.97. The van der Waals surface area contributed by atoms with Crippen molar-refractivity contribution in [2.45, 2.75) is 19.6 Å². The molecule has 1 fully saturated rings. The minimum absolute atomic E-state index is 0.147. The van der Waals surface area contributed by atoms with E-state index < -0.39 is 24.4 Å². The number of urea groups is 1. The minimum Gasteiger partial charge on any atom is -0.497 e. The summed E-state index contributed by atoms with van der Waals surface area (Å²) in [6.45, 7) is 5.26. The molecule has 0 bridgehead atoms. The summed E-state index contributed by atoms with van der Waals surface area (Å²) >= 11 is 0. The van der Waals surface area contributed by atoms with Gasteiger partial charge in [-0.3, -0.25) is 14.5 Å². The van der Waals surface area contributed by atoms with Crippen molar-refractivity contribution in [1.82, 2.24) is 15.1 Å². The Morgan fingerprint density at radius 1 is 0.972 bits per heavy atom. The van der Waals surface area contributed by atoms with Crippen LogP contribution in [0.2, 0.25) is 0 Å². The molecule has 3 rings (SSSR count). The highest BCUT2D eigenvalue weighted by atomic mass is 19.4. The van der Waals surface area contributed by atoms with E-state index in [1.807, 2.05) is 0 Å². The van der Waals surface area contributed by atoms with Crippen LogP contribution in [0.15, 0.2) is 48.5 Å². The van der Waals surface area contributed by atoms with Gasteiger partial charge in [-0.15, -0.1) is 0 Å². The summed E-state index contributed by atoms with van der Waals surface area (Å²) in [5.74, 6) is -2.17. The van der Waals surface area contributed by atoms with Gasteiger partial charge in [-0.2, -0.15) is 13.2 Å². The Morgan fingerprint density at radius 2 is 1.58 bits per heavy atom. The Morgan fingerprint density at radius 3 is 2.11 bits per heavy atom. The number of Topliss-reactive ketones (excluding diaryl/α,β-unsaturated/α-hetero) is 1. The monoisotopic (exact) mass is 506 g/mol. The topological polar surface area (TPSA) is 82.2 Å². The average molecular weight is 507 g/mol. The highest BCUT2D eigenvalue weighted by Gasteiger charge is 2.38. The number of carbonyl (C=O) groups is 3. The number of benzene rings is 2. The standard InChI is InChI=1S/C25H29F3N4O4/c1-3-30-12-14-31(15-13-30)24(35)32(20-8-10-21(36-2)11-9-20)17-18-4-6-19(7-5-18)22(33)16-29-23(34)25(26,27)28/h4-11H,3,12-17H2,1-2H3,(H,29,34). The lowest BCUT2D eigenvalue weighted by Gasteiger charge is -2.37. The molecule has 0 saturated carbocycles. The summed E-state index contributed by atoms with van der Waals surface area (Å²) in [5, 5.41) is 1.57. The number of likely N-dealkylation sites (N-methyl/N-ethyl adjacent to an activating group) is 1. The molecule has 0 unspecified atom stereocenters. The van der Waals surface area contributed by atoms with Gasteiger partial charge in [0.1, 0.15) is 5.75 Å². The first kappa shape index (κ1) is 27.0. The van der Waals surface area contributed by atoms with Gasteiger partial charge in [0.2, 0.25) is 0 Å². The fraction of sp³-hybridized carbons (Fsp3) is 0.400. The summed E-state index contributed by atoms with van der Waals surface area (Å²) in [4.78, 5) is 42.3. The van der Waals surface area contributed by atoms with Crippen molar-refractivity contribution in [2.24, 2.45) is 0 Å². The van der Waals surface area contributed by atoms with Crippen LogP contribution in [-0.2, 0) is 11.3 Å². The van der Waals surface area contributed by atoms with Crippen molar-refractivity contribution in [1.29, 1.82) is 0 Å². The summed E-state index contributed by atoms with van der Waals surface area (Å²) in [7, 11) is 1.56. The average Bonchev–Trinajstić information content (AvgIpc) is 2.89. The molecule has 0 aromatic heterocycles. The Hall–Kier alpha value is -3.60. The minimum atomic E-state index is -5.05. The van der Waals surface area contributed by atoms with E-state index in [0.717, 1.165) is 25.2 Å². The van der Waals surface area contributed by atoms with Gasteiger partial charge in [0.15, 0.2) is 5.78 Å². The summed E-state index contributed by atoms with van der Waals surface area (Å²) < 4.78 is 42.2. The van der Waals surface area contributed by atoms with Crippen molar-refractivity contribution >= 4 is 23.4 Å². The summed E-state index contributed by atoms with van der Waals surface area (Å²) in [6.07, 6.45) is -5.05. The molecule has 1 aliphatic heterocycles. The van der Waals surface area contributed by atoms with Crippen LogP contribution in [-0.4, -0.2) is 80.1 Å². The molecule has 8 nitrogen and oxygen atoms in total. The molecule has 1 heterocycles.